The van der Waals surface area contributed by atoms with Gasteiger partial charge in [-0.1, -0.05) is 0 Å². The van der Waals surface area contributed by atoms with E-state index in [0.717, 1.165) is 36.1 Å². The normalized spacial score (nSPS) is 28.3. The summed E-state index contributed by atoms with van der Waals surface area (Å²) >= 11 is 0. The summed E-state index contributed by atoms with van der Waals surface area (Å²) in [6, 6.07) is 4.22. The Hall–Kier alpha value is -1.29. The van der Waals surface area contributed by atoms with Crippen molar-refractivity contribution >= 4 is 11.5 Å². The molecule has 17 heavy (non-hydrogen) atoms. The van der Waals surface area contributed by atoms with Gasteiger partial charge in [0.2, 0.25) is 0 Å². The van der Waals surface area contributed by atoms with Crippen LogP contribution in [0, 0.1) is 12.8 Å². The first-order valence-corrected chi connectivity index (χ1v) is 6.35. The zero-order valence-corrected chi connectivity index (χ0v) is 10.1. The predicted molar refractivity (Wildman–Crippen MR) is 67.9 cm³/mol. The highest BCUT2D eigenvalue weighted by atomic mass is 16.5. The Morgan fingerprint density at radius 2 is 2.18 bits per heavy atom. The lowest BCUT2D eigenvalue weighted by Crippen LogP contribution is -2.31. The van der Waals surface area contributed by atoms with E-state index in [1.165, 1.54) is 12.8 Å². The predicted octanol–water partition coefficient (Wildman–Crippen LogP) is 1.95. The van der Waals surface area contributed by atoms with Gasteiger partial charge in [-0.05, 0) is 44.2 Å². The quantitative estimate of drug-likeness (QED) is 0.837. The van der Waals surface area contributed by atoms with E-state index in [4.69, 9.17) is 10.5 Å². The molecule has 1 aromatic heterocycles. The first-order valence-electron chi connectivity index (χ1n) is 6.35. The number of anilines is 2. The Morgan fingerprint density at radius 1 is 1.35 bits per heavy atom. The third kappa shape index (κ3) is 2.22. The number of nitrogens with zero attached hydrogens (tertiary/aromatic N) is 1. The number of hydrogen-bond acceptors (Lipinski definition) is 4. The number of aromatic nitrogens is 1. The Morgan fingerprint density at radius 3 is 2.94 bits per heavy atom. The summed E-state index contributed by atoms with van der Waals surface area (Å²) in [5.41, 5.74) is 7.65. The molecule has 2 unspecified atom stereocenters. The highest BCUT2D eigenvalue weighted by molar-refractivity contribution is 5.61. The van der Waals surface area contributed by atoms with Crippen molar-refractivity contribution in [3.05, 3.63) is 17.8 Å². The molecule has 4 nitrogen and oxygen atoms in total. The highest BCUT2D eigenvalue weighted by Gasteiger charge is 2.40. The van der Waals surface area contributed by atoms with E-state index in [9.17, 15) is 0 Å². The number of rotatable bonds is 3. The first kappa shape index (κ1) is 10.8. The van der Waals surface area contributed by atoms with Crippen molar-refractivity contribution in [2.45, 2.75) is 38.3 Å². The molecule has 0 bridgehead atoms. The summed E-state index contributed by atoms with van der Waals surface area (Å²) in [5, 5.41) is 3.46. The lowest BCUT2D eigenvalue weighted by molar-refractivity contribution is 0.0898. The van der Waals surface area contributed by atoms with E-state index in [1.807, 2.05) is 19.1 Å². The van der Waals surface area contributed by atoms with E-state index >= 15 is 0 Å². The zero-order valence-electron chi connectivity index (χ0n) is 10.1. The lowest BCUT2D eigenvalue weighted by Gasteiger charge is -2.21. The van der Waals surface area contributed by atoms with Crippen LogP contribution in [0.5, 0.6) is 0 Å². The molecule has 0 aromatic carbocycles. The van der Waals surface area contributed by atoms with E-state index in [1.54, 1.807) is 0 Å². The molecule has 2 fully saturated rings. The van der Waals surface area contributed by atoms with Crippen molar-refractivity contribution in [1.29, 1.82) is 0 Å². The molecule has 0 amide bonds. The van der Waals surface area contributed by atoms with E-state index in [-0.39, 0.29) is 0 Å². The first-order chi connectivity index (χ1) is 8.24. The van der Waals surface area contributed by atoms with Crippen molar-refractivity contribution in [3.63, 3.8) is 0 Å². The molecular weight excluding hydrogens is 214 g/mol. The van der Waals surface area contributed by atoms with Crippen LogP contribution >= 0.6 is 0 Å². The Bertz CT molecular complexity index is 417. The van der Waals surface area contributed by atoms with Gasteiger partial charge in [0, 0.05) is 12.3 Å². The summed E-state index contributed by atoms with van der Waals surface area (Å²) in [6.45, 7) is 2.83. The van der Waals surface area contributed by atoms with Gasteiger partial charge in [-0.15, -0.1) is 0 Å². The third-order valence-electron chi connectivity index (χ3n) is 3.61. The molecule has 4 heteroatoms. The Balaban J connectivity index is 1.74. The van der Waals surface area contributed by atoms with Crippen molar-refractivity contribution in [3.8, 4) is 0 Å². The number of nitrogen functional groups attached to an aromatic ring is 1. The minimum atomic E-state index is 0.358. The number of hydrogen-bond donors (Lipinski definition) is 2. The van der Waals surface area contributed by atoms with Gasteiger partial charge in [0.1, 0.15) is 5.82 Å². The molecule has 1 saturated carbocycles. The fourth-order valence-corrected chi connectivity index (χ4v) is 2.51. The Kier molecular flexibility index (Phi) is 2.67. The van der Waals surface area contributed by atoms with Crippen LogP contribution < -0.4 is 11.1 Å². The maximum atomic E-state index is 5.94. The van der Waals surface area contributed by atoms with Crippen LogP contribution in [0.25, 0.3) is 0 Å². The fraction of sp³-hybridized carbons (Fsp3) is 0.615. The van der Waals surface area contributed by atoms with Crippen molar-refractivity contribution in [2.24, 2.45) is 5.92 Å². The average molecular weight is 233 g/mol. The summed E-state index contributed by atoms with van der Waals surface area (Å²) in [5.74, 6) is 1.56. The van der Waals surface area contributed by atoms with Crippen molar-refractivity contribution in [2.75, 3.05) is 17.7 Å². The maximum absolute atomic E-state index is 5.94. The second kappa shape index (κ2) is 4.18. The number of nitrogens with one attached hydrogen (secondary N) is 1. The van der Waals surface area contributed by atoms with E-state index < -0.39 is 0 Å². The molecule has 2 aliphatic rings. The van der Waals surface area contributed by atoms with Gasteiger partial charge in [-0.25, -0.2) is 4.98 Å². The molecular formula is C13H19N3O. The minimum Gasteiger partial charge on any atom is -0.396 e. The zero-order chi connectivity index (χ0) is 11.8. The molecule has 3 rings (SSSR count). The van der Waals surface area contributed by atoms with Gasteiger partial charge in [-0.2, -0.15) is 0 Å². The summed E-state index contributed by atoms with van der Waals surface area (Å²) in [6.07, 6.45) is 4.02. The largest absolute Gasteiger partial charge is 0.396 e. The summed E-state index contributed by atoms with van der Waals surface area (Å²) < 4.78 is 5.80. The van der Waals surface area contributed by atoms with Crippen molar-refractivity contribution < 1.29 is 4.74 Å². The van der Waals surface area contributed by atoms with Gasteiger partial charge in [0.25, 0.3) is 0 Å². The summed E-state index contributed by atoms with van der Waals surface area (Å²) in [7, 11) is 0. The monoisotopic (exact) mass is 233 g/mol. The number of ether oxygens (including phenoxy) is 1. The fourth-order valence-electron chi connectivity index (χ4n) is 2.51. The molecule has 92 valence electrons. The van der Waals surface area contributed by atoms with Crippen LogP contribution in [0.3, 0.4) is 0 Å². The van der Waals surface area contributed by atoms with Crippen LogP contribution in [0.15, 0.2) is 12.1 Å². The standard InChI is InChI=1S/C13H19N3O/c1-8-2-5-10(14)13(15-8)16-11-6-7-17-12(11)9-3-4-9/h2,5,9,11-12H,3-4,6-7,14H2,1H3,(H,15,16). The molecule has 1 aliphatic carbocycles. The molecule has 3 N–H and O–H groups in total. The van der Waals surface area contributed by atoms with E-state index in [2.05, 4.69) is 10.3 Å². The van der Waals surface area contributed by atoms with Crippen LogP contribution in [0.1, 0.15) is 25.0 Å². The van der Waals surface area contributed by atoms with Gasteiger partial charge in [0.15, 0.2) is 0 Å². The highest BCUT2D eigenvalue weighted by Crippen LogP contribution is 2.39. The number of pyridine rings is 1. The average Bonchev–Trinajstić information content (AvgIpc) is 3.05. The van der Waals surface area contributed by atoms with Crippen LogP contribution in [0.2, 0.25) is 0 Å². The molecule has 1 aliphatic heterocycles. The molecule has 2 atom stereocenters. The lowest BCUT2D eigenvalue weighted by atomic mass is 10.1. The molecule has 0 radical (unpaired) electrons. The SMILES string of the molecule is Cc1ccc(N)c(NC2CCOC2C2CC2)n1. The molecule has 1 aromatic rings. The smallest absolute Gasteiger partial charge is 0.149 e. The number of nitrogens with two attached hydrogens (primary N) is 1. The second-order valence-electron chi connectivity index (χ2n) is 5.10. The second-order valence-corrected chi connectivity index (χ2v) is 5.10. The van der Waals surface area contributed by atoms with Crippen LogP contribution in [-0.2, 0) is 4.74 Å². The van der Waals surface area contributed by atoms with Gasteiger partial charge in [0.05, 0.1) is 17.8 Å². The molecule has 2 heterocycles. The third-order valence-corrected chi connectivity index (χ3v) is 3.61. The molecule has 1 saturated heterocycles. The minimum absolute atomic E-state index is 0.358. The van der Waals surface area contributed by atoms with E-state index in [0.29, 0.717) is 12.1 Å². The maximum Gasteiger partial charge on any atom is 0.149 e. The topological polar surface area (TPSA) is 60.2 Å². The number of aryl methyl sites for hydroxylation is 1. The molecule has 0 spiro atoms. The van der Waals surface area contributed by atoms with Crippen LogP contribution in [0.4, 0.5) is 11.5 Å². The van der Waals surface area contributed by atoms with Crippen LogP contribution in [-0.4, -0.2) is 23.7 Å². The van der Waals surface area contributed by atoms with Gasteiger partial charge < -0.3 is 15.8 Å². The van der Waals surface area contributed by atoms with Crippen molar-refractivity contribution in [1.82, 2.24) is 4.98 Å². The van der Waals surface area contributed by atoms with Gasteiger partial charge in [-0.3, -0.25) is 0 Å². The van der Waals surface area contributed by atoms with Gasteiger partial charge >= 0.3 is 0 Å². The summed E-state index contributed by atoms with van der Waals surface area (Å²) in [4.78, 5) is 4.46. The Labute approximate surface area is 102 Å².